The first-order chi connectivity index (χ1) is 9.17. The number of nitrogens with two attached hydrogens (primary N) is 1. The SMILES string of the molecule is NCc1cc(=O)[nH]nc1-c1ccc2[nH]c(=O)[nH]c2c1. The summed E-state index contributed by atoms with van der Waals surface area (Å²) < 4.78 is 0. The first-order valence-corrected chi connectivity index (χ1v) is 5.68. The van der Waals surface area contributed by atoms with Crippen LogP contribution in [0.25, 0.3) is 22.3 Å². The lowest BCUT2D eigenvalue weighted by molar-refractivity contribution is 0.945. The smallest absolute Gasteiger partial charge is 0.323 e. The molecule has 0 saturated carbocycles. The summed E-state index contributed by atoms with van der Waals surface area (Å²) in [5.41, 5.74) is 8.49. The Kier molecular flexibility index (Phi) is 2.53. The summed E-state index contributed by atoms with van der Waals surface area (Å²) >= 11 is 0. The van der Waals surface area contributed by atoms with Crippen molar-refractivity contribution in [2.75, 3.05) is 0 Å². The number of aromatic nitrogens is 4. The number of fused-ring (bicyclic) bond motifs is 1. The average molecular weight is 257 g/mol. The van der Waals surface area contributed by atoms with Gasteiger partial charge < -0.3 is 15.7 Å². The number of nitrogens with one attached hydrogen (secondary N) is 3. The van der Waals surface area contributed by atoms with E-state index >= 15 is 0 Å². The Hall–Kier alpha value is -2.67. The Balaban J connectivity index is 2.23. The van der Waals surface area contributed by atoms with Gasteiger partial charge in [0, 0.05) is 18.2 Å². The molecule has 2 heterocycles. The van der Waals surface area contributed by atoms with E-state index in [1.807, 2.05) is 6.07 Å². The minimum absolute atomic E-state index is 0.216. The second-order valence-corrected chi connectivity index (χ2v) is 4.15. The molecule has 0 saturated heterocycles. The Labute approximate surface area is 106 Å². The summed E-state index contributed by atoms with van der Waals surface area (Å²) in [7, 11) is 0. The molecular formula is C12H11N5O2. The molecule has 0 aliphatic heterocycles. The van der Waals surface area contributed by atoms with Crippen molar-refractivity contribution >= 4 is 11.0 Å². The van der Waals surface area contributed by atoms with E-state index < -0.39 is 0 Å². The largest absolute Gasteiger partial charge is 0.326 e. The number of rotatable bonds is 2. The fraction of sp³-hybridized carbons (Fsp3) is 0.0833. The second kappa shape index (κ2) is 4.21. The van der Waals surface area contributed by atoms with Gasteiger partial charge in [-0.3, -0.25) is 4.79 Å². The van der Waals surface area contributed by atoms with Gasteiger partial charge in [0.2, 0.25) is 0 Å². The van der Waals surface area contributed by atoms with E-state index in [0.29, 0.717) is 22.3 Å². The molecule has 3 aromatic rings. The van der Waals surface area contributed by atoms with Crippen molar-refractivity contribution in [3.8, 4) is 11.3 Å². The average Bonchev–Trinajstić information content (AvgIpc) is 2.77. The van der Waals surface area contributed by atoms with Crippen molar-refractivity contribution < 1.29 is 0 Å². The lowest BCUT2D eigenvalue weighted by Gasteiger charge is -2.05. The second-order valence-electron chi connectivity index (χ2n) is 4.15. The molecule has 1 aromatic carbocycles. The van der Waals surface area contributed by atoms with Crippen LogP contribution in [0, 0.1) is 0 Å². The van der Waals surface area contributed by atoms with Crippen LogP contribution in [0.15, 0.2) is 33.9 Å². The van der Waals surface area contributed by atoms with E-state index in [2.05, 4.69) is 20.2 Å². The van der Waals surface area contributed by atoms with E-state index in [9.17, 15) is 9.59 Å². The summed E-state index contributed by atoms with van der Waals surface area (Å²) in [4.78, 5) is 27.8. The van der Waals surface area contributed by atoms with Crippen LogP contribution in [-0.2, 0) is 6.54 Å². The molecule has 0 spiro atoms. The predicted molar refractivity (Wildman–Crippen MR) is 70.7 cm³/mol. The van der Waals surface area contributed by atoms with Gasteiger partial charge in [-0.25, -0.2) is 9.89 Å². The van der Waals surface area contributed by atoms with Gasteiger partial charge in [-0.1, -0.05) is 6.07 Å². The molecule has 0 bridgehead atoms. The van der Waals surface area contributed by atoms with E-state index in [0.717, 1.165) is 5.56 Å². The maximum Gasteiger partial charge on any atom is 0.323 e. The van der Waals surface area contributed by atoms with Gasteiger partial charge in [-0.15, -0.1) is 0 Å². The predicted octanol–water partition coefficient (Wildman–Crippen LogP) is 0.0652. The lowest BCUT2D eigenvalue weighted by Crippen LogP contribution is -2.12. The number of hydrogen-bond donors (Lipinski definition) is 4. The maximum atomic E-state index is 11.2. The topological polar surface area (TPSA) is 120 Å². The Morgan fingerprint density at radius 2 is 1.89 bits per heavy atom. The Morgan fingerprint density at radius 3 is 2.68 bits per heavy atom. The van der Waals surface area contributed by atoms with Crippen molar-refractivity contribution in [1.29, 1.82) is 0 Å². The third-order valence-corrected chi connectivity index (χ3v) is 2.90. The molecule has 2 aromatic heterocycles. The molecule has 0 aliphatic rings. The fourth-order valence-corrected chi connectivity index (χ4v) is 2.03. The molecule has 0 radical (unpaired) electrons. The zero-order valence-electron chi connectivity index (χ0n) is 9.86. The standard InChI is InChI=1S/C12H11N5O2/c13-5-7-4-10(18)16-17-11(7)6-1-2-8-9(3-6)15-12(19)14-8/h1-4H,5,13H2,(H,16,18)(H2,14,15,19). The molecule has 0 atom stereocenters. The van der Waals surface area contributed by atoms with Crippen molar-refractivity contribution in [1.82, 2.24) is 20.2 Å². The molecule has 0 amide bonds. The van der Waals surface area contributed by atoms with Crippen LogP contribution >= 0.6 is 0 Å². The van der Waals surface area contributed by atoms with Crippen LogP contribution in [0.5, 0.6) is 0 Å². The first kappa shape index (κ1) is 11.4. The fourth-order valence-electron chi connectivity index (χ4n) is 2.03. The number of nitrogens with zero attached hydrogens (tertiary/aromatic N) is 1. The van der Waals surface area contributed by atoms with Crippen LogP contribution in [0.1, 0.15) is 5.56 Å². The number of imidazole rings is 1. The van der Waals surface area contributed by atoms with Crippen LogP contribution in [0.3, 0.4) is 0 Å². The van der Waals surface area contributed by atoms with Crippen LogP contribution in [0.4, 0.5) is 0 Å². The Morgan fingerprint density at radius 1 is 1.11 bits per heavy atom. The zero-order chi connectivity index (χ0) is 13.4. The van der Waals surface area contributed by atoms with Gasteiger partial charge in [0.25, 0.3) is 5.56 Å². The van der Waals surface area contributed by atoms with Crippen molar-refractivity contribution in [3.63, 3.8) is 0 Å². The van der Waals surface area contributed by atoms with Crippen molar-refractivity contribution in [3.05, 3.63) is 50.7 Å². The normalized spacial score (nSPS) is 11.0. The number of aromatic amines is 3. The first-order valence-electron chi connectivity index (χ1n) is 5.68. The van der Waals surface area contributed by atoms with E-state index in [-0.39, 0.29) is 17.8 Å². The molecule has 0 aliphatic carbocycles. The highest BCUT2D eigenvalue weighted by Crippen LogP contribution is 2.22. The summed E-state index contributed by atoms with van der Waals surface area (Å²) in [6.07, 6.45) is 0. The molecule has 7 nitrogen and oxygen atoms in total. The molecule has 5 N–H and O–H groups in total. The number of hydrogen-bond acceptors (Lipinski definition) is 4. The van der Waals surface area contributed by atoms with Crippen LogP contribution in [0.2, 0.25) is 0 Å². The van der Waals surface area contributed by atoms with Gasteiger partial charge in [0.1, 0.15) is 0 Å². The molecular weight excluding hydrogens is 246 g/mol. The molecule has 0 unspecified atom stereocenters. The third kappa shape index (κ3) is 1.95. The van der Waals surface area contributed by atoms with Gasteiger partial charge in [-0.05, 0) is 17.7 Å². The maximum absolute atomic E-state index is 11.2. The van der Waals surface area contributed by atoms with Crippen LogP contribution in [-0.4, -0.2) is 20.2 Å². The van der Waals surface area contributed by atoms with E-state index in [4.69, 9.17) is 5.73 Å². The summed E-state index contributed by atoms with van der Waals surface area (Å²) in [5.74, 6) is 0. The van der Waals surface area contributed by atoms with E-state index in [1.165, 1.54) is 6.07 Å². The molecule has 7 heteroatoms. The molecule has 3 rings (SSSR count). The Bertz CT molecular complexity index is 858. The molecule has 19 heavy (non-hydrogen) atoms. The zero-order valence-corrected chi connectivity index (χ0v) is 9.86. The highest BCUT2D eigenvalue weighted by atomic mass is 16.1. The third-order valence-electron chi connectivity index (χ3n) is 2.90. The highest BCUT2D eigenvalue weighted by molar-refractivity contribution is 5.81. The monoisotopic (exact) mass is 257 g/mol. The number of benzene rings is 1. The minimum Gasteiger partial charge on any atom is -0.326 e. The lowest BCUT2D eigenvalue weighted by atomic mass is 10.1. The van der Waals surface area contributed by atoms with Gasteiger partial charge in [0.05, 0.1) is 16.7 Å². The van der Waals surface area contributed by atoms with Gasteiger partial charge in [-0.2, -0.15) is 5.10 Å². The molecule has 96 valence electrons. The number of H-pyrrole nitrogens is 3. The van der Waals surface area contributed by atoms with Crippen molar-refractivity contribution in [2.45, 2.75) is 6.54 Å². The van der Waals surface area contributed by atoms with Gasteiger partial charge in [0.15, 0.2) is 0 Å². The highest BCUT2D eigenvalue weighted by Gasteiger charge is 2.08. The minimum atomic E-state index is -0.291. The van der Waals surface area contributed by atoms with Crippen LogP contribution < -0.4 is 17.0 Å². The van der Waals surface area contributed by atoms with Crippen molar-refractivity contribution in [2.24, 2.45) is 5.73 Å². The van der Waals surface area contributed by atoms with Gasteiger partial charge >= 0.3 is 5.69 Å². The van der Waals surface area contributed by atoms with E-state index in [1.54, 1.807) is 12.1 Å². The summed E-state index contributed by atoms with van der Waals surface area (Å²) in [5, 5.41) is 6.40. The summed E-state index contributed by atoms with van der Waals surface area (Å²) in [6.45, 7) is 0.216. The summed E-state index contributed by atoms with van der Waals surface area (Å²) in [6, 6.07) is 6.79. The molecule has 0 fully saturated rings. The quantitative estimate of drug-likeness (QED) is 0.519.